The number of rotatable bonds is 3. The molecule has 0 aliphatic heterocycles. The lowest BCUT2D eigenvalue weighted by Crippen LogP contribution is -2.10. The van der Waals surface area contributed by atoms with E-state index in [4.69, 9.17) is 5.73 Å². The fourth-order valence-corrected chi connectivity index (χ4v) is 2.85. The second-order valence-electron chi connectivity index (χ2n) is 5.89. The molecule has 0 atom stereocenters. The molecule has 2 aromatic carbocycles. The second kappa shape index (κ2) is 5.77. The highest BCUT2D eigenvalue weighted by atomic mass is 32.2. The first-order valence-electron chi connectivity index (χ1n) is 6.59. The summed E-state index contributed by atoms with van der Waals surface area (Å²) in [6, 6.07) is 12.9. The fraction of sp³-hybridized carbons (Fsp3) is 0.250. The summed E-state index contributed by atoms with van der Waals surface area (Å²) >= 11 is 1.47. The Morgan fingerprint density at radius 2 is 1.67 bits per heavy atom. The van der Waals surface area contributed by atoms with E-state index in [2.05, 4.69) is 32.9 Å². The zero-order chi connectivity index (χ0) is 15.6. The van der Waals surface area contributed by atoms with E-state index in [0.29, 0.717) is 5.69 Å². The molecular formula is C16H18N2O2S. The molecule has 0 saturated carbocycles. The lowest BCUT2D eigenvalue weighted by atomic mass is 9.87. The van der Waals surface area contributed by atoms with Crippen molar-refractivity contribution in [2.45, 2.75) is 36.0 Å². The van der Waals surface area contributed by atoms with Gasteiger partial charge in [-0.15, -0.1) is 0 Å². The van der Waals surface area contributed by atoms with Gasteiger partial charge in [-0.05, 0) is 29.2 Å². The lowest BCUT2D eigenvalue weighted by Gasteiger charge is -2.19. The van der Waals surface area contributed by atoms with Gasteiger partial charge in [0.2, 0.25) is 0 Å². The van der Waals surface area contributed by atoms with Crippen molar-refractivity contribution in [1.82, 2.24) is 0 Å². The highest BCUT2D eigenvalue weighted by molar-refractivity contribution is 7.99. The summed E-state index contributed by atoms with van der Waals surface area (Å²) < 4.78 is 0. The average Bonchev–Trinajstić information content (AvgIpc) is 2.37. The van der Waals surface area contributed by atoms with Crippen molar-refractivity contribution >= 4 is 23.1 Å². The van der Waals surface area contributed by atoms with Gasteiger partial charge in [0, 0.05) is 27.6 Å². The lowest BCUT2D eigenvalue weighted by molar-refractivity contribution is -0.385. The molecule has 0 heterocycles. The van der Waals surface area contributed by atoms with Crippen LogP contribution in [-0.2, 0) is 5.41 Å². The Morgan fingerprint density at radius 1 is 1.05 bits per heavy atom. The summed E-state index contributed by atoms with van der Waals surface area (Å²) in [4.78, 5) is 12.2. The Morgan fingerprint density at radius 3 is 2.19 bits per heavy atom. The molecule has 2 aromatic rings. The maximum atomic E-state index is 10.9. The Kier molecular flexibility index (Phi) is 4.23. The molecular weight excluding hydrogens is 284 g/mol. The van der Waals surface area contributed by atoms with Gasteiger partial charge in [-0.25, -0.2) is 0 Å². The summed E-state index contributed by atoms with van der Waals surface area (Å²) in [5.74, 6) is 0. The number of nitrogen functional groups attached to an aromatic ring is 1. The van der Waals surface area contributed by atoms with Crippen molar-refractivity contribution in [1.29, 1.82) is 0 Å². The third-order valence-electron chi connectivity index (χ3n) is 3.08. The number of nitro groups is 1. The normalized spacial score (nSPS) is 11.4. The van der Waals surface area contributed by atoms with E-state index in [-0.39, 0.29) is 11.1 Å². The zero-order valence-corrected chi connectivity index (χ0v) is 13.1. The Labute approximate surface area is 128 Å². The molecule has 0 aliphatic carbocycles. The van der Waals surface area contributed by atoms with E-state index in [1.807, 2.05) is 12.1 Å². The smallest absolute Gasteiger partial charge is 0.272 e. The first kappa shape index (κ1) is 15.4. The predicted octanol–water partition coefficient (Wildman–Crippen LogP) is 4.63. The van der Waals surface area contributed by atoms with Crippen LogP contribution in [0.2, 0.25) is 0 Å². The summed E-state index contributed by atoms with van der Waals surface area (Å²) in [6.45, 7) is 6.49. The van der Waals surface area contributed by atoms with Crippen LogP contribution in [0.25, 0.3) is 0 Å². The van der Waals surface area contributed by atoms with Gasteiger partial charge in [0.05, 0.1) is 4.92 Å². The number of hydrogen-bond acceptors (Lipinski definition) is 4. The Hall–Kier alpha value is -2.01. The van der Waals surface area contributed by atoms with Crippen molar-refractivity contribution in [3.05, 3.63) is 58.1 Å². The van der Waals surface area contributed by atoms with Crippen molar-refractivity contribution in [2.24, 2.45) is 0 Å². The molecule has 0 fully saturated rings. The van der Waals surface area contributed by atoms with Crippen molar-refractivity contribution in [3.8, 4) is 0 Å². The molecule has 5 heteroatoms. The van der Waals surface area contributed by atoms with Crippen molar-refractivity contribution in [3.63, 3.8) is 0 Å². The highest BCUT2D eigenvalue weighted by Gasteiger charge is 2.13. The van der Waals surface area contributed by atoms with Crippen LogP contribution >= 0.6 is 11.8 Å². The second-order valence-corrected chi connectivity index (χ2v) is 7.04. The molecule has 0 radical (unpaired) electrons. The molecule has 0 aliphatic rings. The number of nitrogens with zero attached hydrogens (tertiary/aromatic N) is 1. The first-order chi connectivity index (χ1) is 9.75. The summed E-state index contributed by atoms with van der Waals surface area (Å²) in [6.07, 6.45) is 0. The molecule has 0 spiro atoms. The molecule has 0 unspecified atom stereocenters. The van der Waals surface area contributed by atoms with Gasteiger partial charge in [0.1, 0.15) is 0 Å². The Bertz CT molecular complexity index is 661. The van der Waals surface area contributed by atoms with Gasteiger partial charge in [-0.2, -0.15) is 0 Å². The van der Waals surface area contributed by atoms with E-state index in [0.717, 1.165) is 9.79 Å². The SMILES string of the molecule is CC(C)(C)c1ccc(Sc2cc(N)cc([N+](=O)[O-])c2)cc1. The zero-order valence-electron chi connectivity index (χ0n) is 12.3. The van der Waals surface area contributed by atoms with Gasteiger partial charge >= 0.3 is 0 Å². The third-order valence-corrected chi connectivity index (χ3v) is 4.06. The van der Waals surface area contributed by atoms with Gasteiger partial charge < -0.3 is 5.73 Å². The van der Waals surface area contributed by atoms with E-state index in [1.54, 1.807) is 12.1 Å². The first-order valence-corrected chi connectivity index (χ1v) is 7.41. The minimum absolute atomic E-state index is 0.0174. The van der Waals surface area contributed by atoms with E-state index in [9.17, 15) is 10.1 Å². The molecule has 2 N–H and O–H groups in total. The van der Waals surface area contributed by atoms with Crippen LogP contribution in [-0.4, -0.2) is 4.92 Å². The monoisotopic (exact) mass is 302 g/mol. The molecule has 110 valence electrons. The quantitative estimate of drug-likeness (QED) is 0.510. The average molecular weight is 302 g/mol. The molecule has 0 aromatic heterocycles. The van der Waals surface area contributed by atoms with Crippen LogP contribution < -0.4 is 5.73 Å². The maximum Gasteiger partial charge on any atom is 0.272 e. The minimum atomic E-state index is -0.427. The minimum Gasteiger partial charge on any atom is -0.398 e. The number of benzene rings is 2. The van der Waals surface area contributed by atoms with Crippen LogP contribution in [0.5, 0.6) is 0 Å². The number of anilines is 1. The summed E-state index contributed by atoms with van der Waals surface area (Å²) in [5, 5.41) is 10.9. The molecule has 4 nitrogen and oxygen atoms in total. The number of nitrogens with two attached hydrogens (primary N) is 1. The van der Waals surface area contributed by atoms with Gasteiger partial charge in [-0.1, -0.05) is 44.7 Å². The van der Waals surface area contributed by atoms with E-state index in [1.165, 1.54) is 23.4 Å². The number of nitro benzene ring substituents is 1. The van der Waals surface area contributed by atoms with Crippen LogP contribution in [0.15, 0.2) is 52.3 Å². The highest BCUT2D eigenvalue weighted by Crippen LogP contribution is 2.33. The topological polar surface area (TPSA) is 69.2 Å². The van der Waals surface area contributed by atoms with Crippen molar-refractivity contribution < 1.29 is 4.92 Å². The van der Waals surface area contributed by atoms with E-state index >= 15 is 0 Å². The molecule has 0 saturated heterocycles. The molecule has 21 heavy (non-hydrogen) atoms. The largest absolute Gasteiger partial charge is 0.398 e. The van der Waals surface area contributed by atoms with Gasteiger partial charge in [-0.3, -0.25) is 10.1 Å². The molecule has 0 amide bonds. The number of hydrogen-bond donors (Lipinski definition) is 1. The van der Waals surface area contributed by atoms with Crippen LogP contribution in [0.4, 0.5) is 11.4 Å². The summed E-state index contributed by atoms with van der Waals surface area (Å²) in [5.41, 5.74) is 7.50. The van der Waals surface area contributed by atoms with Gasteiger partial charge in [0.15, 0.2) is 0 Å². The van der Waals surface area contributed by atoms with Crippen LogP contribution in [0.1, 0.15) is 26.3 Å². The van der Waals surface area contributed by atoms with Crippen molar-refractivity contribution in [2.75, 3.05) is 5.73 Å². The number of non-ortho nitro benzene ring substituents is 1. The van der Waals surface area contributed by atoms with Crippen LogP contribution in [0.3, 0.4) is 0 Å². The maximum absolute atomic E-state index is 10.9. The molecule has 0 bridgehead atoms. The standard InChI is InChI=1S/C16H18N2O2S/c1-16(2,3)11-4-6-14(7-5-11)21-15-9-12(17)8-13(10-15)18(19)20/h4-10H,17H2,1-3H3. The van der Waals surface area contributed by atoms with Crippen LogP contribution in [0, 0.1) is 10.1 Å². The molecule has 2 rings (SSSR count). The summed E-state index contributed by atoms with van der Waals surface area (Å²) in [7, 11) is 0. The third kappa shape index (κ3) is 3.98. The van der Waals surface area contributed by atoms with Gasteiger partial charge in [0.25, 0.3) is 5.69 Å². The predicted molar refractivity (Wildman–Crippen MR) is 86.8 cm³/mol. The fourth-order valence-electron chi connectivity index (χ4n) is 1.93. The van der Waals surface area contributed by atoms with E-state index < -0.39 is 4.92 Å². The Balaban J connectivity index is 2.24.